The summed E-state index contributed by atoms with van der Waals surface area (Å²) in [6.07, 6.45) is 0. The Bertz CT molecular complexity index is 1110. The van der Waals surface area contributed by atoms with Crippen molar-refractivity contribution in [3.63, 3.8) is 0 Å². The van der Waals surface area contributed by atoms with Crippen molar-refractivity contribution in [2.24, 2.45) is 0 Å². The van der Waals surface area contributed by atoms with Crippen LogP contribution in [-0.2, 0) is 24.0 Å². The number of benzene rings is 2. The molecule has 0 radical (unpaired) electrons. The molecule has 10 nitrogen and oxygen atoms in total. The minimum Gasteiger partial charge on any atom is -0.425 e. The van der Waals surface area contributed by atoms with Gasteiger partial charge in [0.25, 0.3) is 0 Å². The smallest absolute Gasteiger partial charge is 0.334 e. The third-order valence-corrected chi connectivity index (χ3v) is 6.93. The number of rotatable bonds is 12. The molecule has 0 heterocycles. The average Bonchev–Trinajstić information content (AvgIpc) is 2.82. The van der Waals surface area contributed by atoms with Gasteiger partial charge in [-0.25, -0.2) is 9.59 Å². The van der Waals surface area contributed by atoms with E-state index in [9.17, 15) is 24.0 Å². The van der Waals surface area contributed by atoms with Crippen molar-refractivity contribution >= 4 is 56.9 Å². The molecule has 0 saturated heterocycles. The molecule has 198 valence electrons. The highest BCUT2D eigenvalue weighted by molar-refractivity contribution is 8.76. The van der Waals surface area contributed by atoms with Gasteiger partial charge in [0.1, 0.15) is 23.6 Å². The van der Waals surface area contributed by atoms with Crippen molar-refractivity contribution in [2.75, 3.05) is 16.8 Å². The van der Waals surface area contributed by atoms with E-state index in [4.69, 9.17) is 9.47 Å². The number of hydrogen-bond donors (Lipinski definition) is 3. The van der Waals surface area contributed by atoms with Gasteiger partial charge in [-0.3, -0.25) is 14.4 Å². The number of ether oxygens (including phenoxy) is 2. The van der Waals surface area contributed by atoms with Crippen molar-refractivity contribution in [3.05, 3.63) is 54.1 Å². The number of carbonyl (C=O) groups is 5. The van der Waals surface area contributed by atoms with E-state index in [-0.39, 0.29) is 29.1 Å². The fourth-order valence-corrected chi connectivity index (χ4v) is 5.15. The third kappa shape index (κ3) is 11.4. The molecular formula is C25H29N3O7S2. The molecule has 0 aliphatic rings. The lowest BCUT2D eigenvalue weighted by Gasteiger charge is -2.18. The lowest BCUT2D eigenvalue weighted by Crippen LogP contribution is -2.44. The Morgan fingerprint density at radius 2 is 1.08 bits per heavy atom. The Labute approximate surface area is 223 Å². The maximum absolute atomic E-state index is 12.7. The number of carbonyl (C=O) groups excluding carboxylic acids is 5. The van der Waals surface area contributed by atoms with Crippen LogP contribution in [0.4, 0.5) is 5.69 Å². The van der Waals surface area contributed by atoms with Crippen LogP contribution in [0, 0.1) is 6.92 Å². The molecule has 2 atom stereocenters. The van der Waals surface area contributed by atoms with Crippen LogP contribution < -0.4 is 25.4 Å². The lowest BCUT2D eigenvalue weighted by molar-refractivity contribution is -0.138. The summed E-state index contributed by atoms with van der Waals surface area (Å²) in [5.74, 6) is -1.39. The van der Waals surface area contributed by atoms with Crippen LogP contribution in [0.1, 0.15) is 26.3 Å². The molecule has 0 bridgehead atoms. The summed E-state index contributed by atoms with van der Waals surface area (Å²) in [4.78, 5) is 59.6. The topological polar surface area (TPSA) is 140 Å². The SMILES string of the molecule is CC(=O)Nc1ccc(OC(=O)C(CSSCC(NC(C)=O)C(=O)Oc2ccc(C)cc2)NC(C)=O)cc1. The predicted molar refractivity (Wildman–Crippen MR) is 143 cm³/mol. The van der Waals surface area contributed by atoms with Gasteiger partial charge in [0, 0.05) is 38.0 Å². The number of esters is 2. The second-order valence-corrected chi connectivity index (χ2v) is 10.5. The molecule has 3 N–H and O–H groups in total. The zero-order valence-electron chi connectivity index (χ0n) is 20.9. The van der Waals surface area contributed by atoms with Crippen molar-refractivity contribution in [3.8, 4) is 11.5 Å². The molecule has 3 amide bonds. The molecule has 0 aromatic heterocycles. The van der Waals surface area contributed by atoms with Crippen molar-refractivity contribution < 1.29 is 33.4 Å². The second kappa shape index (κ2) is 14.9. The summed E-state index contributed by atoms with van der Waals surface area (Å²) in [5, 5.41) is 7.73. The quantitative estimate of drug-likeness (QED) is 0.158. The van der Waals surface area contributed by atoms with Crippen molar-refractivity contribution in [2.45, 2.75) is 39.8 Å². The summed E-state index contributed by atoms with van der Waals surface area (Å²) in [7, 11) is 2.46. The van der Waals surface area contributed by atoms with Crippen LogP contribution in [0.25, 0.3) is 0 Å². The van der Waals surface area contributed by atoms with Crippen LogP contribution in [0.15, 0.2) is 48.5 Å². The standard InChI is InChI=1S/C25H29N3O7S2/c1-15-5-9-20(10-6-15)34-24(32)22(27-17(3)30)13-36-37-14-23(28-18(4)31)25(33)35-21-11-7-19(8-12-21)26-16(2)29/h5-12,22-23H,13-14H2,1-4H3,(H,26,29)(H,27,30)(H,28,31). The fraction of sp³-hybridized carbons (Fsp3) is 0.320. The predicted octanol–water partition coefficient (Wildman–Crippen LogP) is 2.86. The molecule has 37 heavy (non-hydrogen) atoms. The molecule has 0 saturated carbocycles. The summed E-state index contributed by atoms with van der Waals surface area (Å²) >= 11 is 0. The summed E-state index contributed by atoms with van der Waals surface area (Å²) in [6.45, 7) is 5.88. The first kappa shape index (κ1) is 29.7. The number of amides is 3. The van der Waals surface area contributed by atoms with Crippen molar-refractivity contribution in [1.29, 1.82) is 0 Å². The molecule has 0 fully saturated rings. The van der Waals surface area contributed by atoms with Crippen LogP contribution >= 0.6 is 21.6 Å². The number of nitrogens with one attached hydrogen (secondary N) is 3. The van der Waals surface area contributed by atoms with Crippen molar-refractivity contribution in [1.82, 2.24) is 10.6 Å². The minimum atomic E-state index is -0.955. The van der Waals surface area contributed by atoms with Gasteiger partial charge in [-0.1, -0.05) is 39.3 Å². The van der Waals surface area contributed by atoms with Crippen LogP contribution in [0.2, 0.25) is 0 Å². The Hall–Kier alpha value is -3.51. The Morgan fingerprint density at radius 1 is 0.676 bits per heavy atom. The van der Waals surface area contributed by atoms with E-state index in [1.54, 1.807) is 36.4 Å². The zero-order valence-corrected chi connectivity index (χ0v) is 22.5. The normalized spacial score (nSPS) is 12.0. The maximum Gasteiger partial charge on any atom is 0.334 e. The number of hydrogen-bond acceptors (Lipinski definition) is 9. The summed E-state index contributed by atoms with van der Waals surface area (Å²) in [6, 6.07) is 11.3. The van der Waals surface area contributed by atoms with Crippen LogP contribution in [0.3, 0.4) is 0 Å². The second-order valence-electron chi connectivity index (χ2n) is 7.94. The first-order valence-electron chi connectivity index (χ1n) is 11.2. The fourth-order valence-electron chi connectivity index (χ4n) is 2.85. The minimum absolute atomic E-state index is 0.146. The molecule has 2 rings (SSSR count). The van der Waals surface area contributed by atoms with E-state index in [2.05, 4.69) is 16.0 Å². The van der Waals surface area contributed by atoms with Gasteiger partial charge in [-0.2, -0.15) is 0 Å². The van der Waals surface area contributed by atoms with Gasteiger partial charge in [0.15, 0.2) is 0 Å². The monoisotopic (exact) mass is 547 g/mol. The molecule has 0 spiro atoms. The summed E-state index contributed by atoms with van der Waals surface area (Å²) < 4.78 is 10.7. The van der Waals surface area contributed by atoms with E-state index >= 15 is 0 Å². The third-order valence-electron chi connectivity index (χ3n) is 4.51. The number of aryl methyl sites for hydroxylation is 1. The molecule has 0 aliphatic carbocycles. The Morgan fingerprint density at radius 3 is 1.46 bits per heavy atom. The zero-order chi connectivity index (χ0) is 27.4. The average molecular weight is 548 g/mol. The highest BCUT2D eigenvalue weighted by Gasteiger charge is 2.25. The van der Waals surface area contributed by atoms with Gasteiger partial charge in [-0.05, 0) is 43.3 Å². The van der Waals surface area contributed by atoms with E-state index in [0.29, 0.717) is 11.4 Å². The first-order chi connectivity index (χ1) is 17.5. The lowest BCUT2D eigenvalue weighted by atomic mass is 10.2. The van der Waals surface area contributed by atoms with Crippen LogP contribution in [-0.4, -0.2) is 53.2 Å². The number of anilines is 1. The molecule has 12 heteroatoms. The van der Waals surface area contributed by atoms with Gasteiger partial charge in [0.05, 0.1) is 0 Å². The van der Waals surface area contributed by atoms with Gasteiger partial charge in [0.2, 0.25) is 17.7 Å². The largest absolute Gasteiger partial charge is 0.425 e. The van der Waals surface area contributed by atoms with Gasteiger partial charge < -0.3 is 25.4 Å². The summed E-state index contributed by atoms with van der Waals surface area (Å²) in [5.41, 5.74) is 1.56. The van der Waals surface area contributed by atoms with E-state index in [1.165, 1.54) is 54.5 Å². The van der Waals surface area contributed by atoms with E-state index in [1.807, 2.05) is 6.92 Å². The molecule has 2 unspecified atom stereocenters. The van der Waals surface area contributed by atoms with E-state index < -0.39 is 29.9 Å². The van der Waals surface area contributed by atoms with Gasteiger partial charge >= 0.3 is 11.9 Å². The molecule has 0 aliphatic heterocycles. The Kier molecular flexibility index (Phi) is 12.0. The highest BCUT2D eigenvalue weighted by atomic mass is 33.1. The highest BCUT2D eigenvalue weighted by Crippen LogP contribution is 2.25. The maximum atomic E-state index is 12.7. The molecule has 2 aromatic carbocycles. The van der Waals surface area contributed by atoms with Crippen LogP contribution in [0.5, 0.6) is 11.5 Å². The van der Waals surface area contributed by atoms with Gasteiger partial charge in [-0.15, -0.1) is 0 Å². The van der Waals surface area contributed by atoms with E-state index in [0.717, 1.165) is 5.56 Å². The molecule has 2 aromatic rings. The Balaban J connectivity index is 1.92. The molecular weight excluding hydrogens is 518 g/mol. The first-order valence-corrected chi connectivity index (χ1v) is 13.7.